The second kappa shape index (κ2) is 7.55. The minimum atomic E-state index is -0.496. The van der Waals surface area contributed by atoms with Gasteiger partial charge < -0.3 is 15.0 Å². The fourth-order valence-electron chi connectivity index (χ4n) is 2.57. The summed E-state index contributed by atoms with van der Waals surface area (Å²) in [6.45, 7) is 8.65. The Morgan fingerprint density at radius 2 is 1.88 bits per heavy atom. The van der Waals surface area contributed by atoms with Gasteiger partial charge in [-0.3, -0.25) is 4.79 Å². The second-order valence-corrected chi connectivity index (χ2v) is 8.05. The summed E-state index contributed by atoms with van der Waals surface area (Å²) < 4.78 is 6.35. The van der Waals surface area contributed by atoms with Gasteiger partial charge in [-0.05, 0) is 58.2 Å². The Morgan fingerprint density at radius 1 is 1.25 bits per heavy atom. The fourth-order valence-corrected chi connectivity index (χ4v) is 2.94. The van der Waals surface area contributed by atoms with Crippen LogP contribution in [0.4, 0.5) is 10.5 Å². The average Bonchev–Trinajstić information content (AvgIpc) is 2.49. The van der Waals surface area contributed by atoms with Crippen molar-refractivity contribution in [1.29, 1.82) is 0 Å². The van der Waals surface area contributed by atoms with Crippen LogP contribution in [0.1, 0.15) is 39.2 Å². The average molecular weight is 397 g/mol. The molecular weight excluding hydrogens is 372 g/mol. The van der Waals surface area contributed by atoms with E-state index in [0.717, 1.165) is 15.7 Å². The minimum absolute atomic E-state index is 0.00888. The number of ether oxygens (including phenoxy) is 1. The number of hydrogen-bond acceptors (Lipinski definition) is 3. The third-order valence-corrected chi connectivity index (χ3v) is 4.81. The van der Waals surface area contributed by atoms with Crippen molar-refractivity contribution in [2.24, 2.45) is 5.92 Å². The molecule has 0 aliphatic carbocycles. The first kappa shape index (κ1) is 18.8. The smallest absolute Gasteiger partial charge is 0.410 e. The van der Waals surface area contributed by atoms with Gasteiger partial charge in [0, 0.05) is 29.2 Å². The van der Waals surface area contributed by atoms with Crippen LogP contribution in [-0.4, -0.2) is 35.6 Å². The number of aryl methyl sites for hydroxylation is 1. The number of amides is 2. The van der Waals surface area contributed by atoms with Crippen molar-refractivity contribution in [3.63, 3.8) is 0 Å². The lowest BCUT2D eigenvalue weighted by Crippen LogP contribution is -2.43. The molecule has 0 radical (unpaired) electrons. The van der Waals surface area contributed by atoms with E-state index in [-0.39, 0.29) is 17.9 Å². The van der Waals surface area contributed by atoms with Crippen molar-refractivity contribution in [1.82, 2.24) is 4.90 Å². The van der Waals surface area contributed by atoms with Gasteiger partial charge in [0.1, 0.15) is 5.60 Å². The lowest BCUT2D eigenvalue weighted by atomic mass is 9.96. The number of anilines is 1. The van der Waals surface area contributed by atoms with Crippen molar-refractivity contribution in [2.75, 3.05) is 18.4 Å². The summed E-state index contributed by atoms with van der Waals surface area (Å²) in [7, 11) is 0. The van der Waals surface area contributed by atoms with Crippen LogP contribution in [0.25, 0.3) is 0 Å². The zero-order valence-electron chi connectivity index (χ0n) is 14.7. The quantitative estimate of drug-likeness (QED) is 0.808. The molecule has 0 unspecified atom stereocenters. The van der Waals surface area contributed by atoms with Gasteiger partial charge in [0.2, 0.25) is 5.91 Å². The van der Waals surface area contributed by atoms with Gasteiger partial charge in [-0.2, -0.15) is 0 Å². The molecule has 1 aliphatic heterocycles. The maximum Gasteiger partial charge on any atom is 0.410 e. The van der Waals surface area contributed by atoms with Crippen LogP contribution in [0, 0.1) is 12.8 Å². The first-order chi connectivity index (χ1) is 11.2. The molecular formula is C18H25BrN2O3. The maximum absolute atomic E-state index is 12.4. The molecule has 5 nitrogen and oxygen atoms in total. The van der Waals surface area contributed by atoms with Gasteiger partial charge in [0.15, 0.2) is 0 Å². The van der Waals surface area contributed by atoms with E-state index in [0.29, 0.717) is 25.9 Å². The van der Waals surface area contributed by atoms with Crippen LogP contribution in [-0.2, 0) is 9.53 Å². The minimum Gasteiger partial charge on any atom is -0.444 e. The monoisotopic (exact) mass is 396 g/mol. The normalized spacial score (nSPS) is 16.0. The van der Waals surface area contributed by atoms with Crippen LogP contribution in [0.3, 0.4) is 0 Å². The number of likely N-dealkylation sites (tertiary alicyclic amines) is 1. The van der Waals surface area contributed by atoms with Crippen molar-refractivity contribution in [2.45, 2.75) is 46.1 Å². The number of benzene rings is 1. The number of hydrogen-bond donors (Lipinski definition) is 1. The topological polar surface area (TPSA) is 58.6 Å². The van der Waals surface area contributed by atoms with Crippen molar-refractivity contribution >= 4 is 33.6 Å². The van der Waals surface area contributed by atoms with Crippen LogP contribution >= 0.6 is 15.9 Å². The Morgan fingerprint density at radius 3 is 2.42 bits per heavy atom. The Labute approximate surface area is 151 Å². The van der Waals surface area contributed by atoms with E-state index in [9.17, 15) is 9.59 Å². The first-order valence-corrected chi connectivity index (χ1v) is 9.00. The lowest BCUT2D eigenvalue weighted by Gasteiger charge is -2.32. The molecule has 1 aliphatic rings. The molecule has 132 valence electrons. The van der Waals surface area contributed by atoms with Gasteiger partial charge in [-0.1, -0.05) is 22.0 Å². The highest BCUT2D eigenvalue weighted by Gasteiger charge is 2.29. The Kier molecular flexibility index (Phi) is 5.91. The highest BCUT2D eigenvalue weighted by atomic mass is 79.9. The SMILES string of the molecule is Cc1ccc(NC(=O)C2CCN(C(=O)OC(C)(C)C)CC2)cc1Br. The molecule has 0 atom stereocenters. The van der Waals surface area contributed by atoms with E-state index in [4.69, 9.17) is 4.74 Å². The van der Waals surface area contributed by atoms with E-state index in [1.165, 1.54) is 0 Å². The summed E-state index contributed by atoms with van der Waals surface area (Å²) in [6.07, 6.45) is 1.000. The number of nitrogens with zero attached hydrogens (tertiary/aromatic N) is 1. The number of halogens is 1. The predicted octanol–water partition coefficient (Wildman–Crippen LogP) is 4.34. The number of nitrogens with one attached hydrogen (secondary N) is 1. The van der Waals surface area contributed by atoms with Crippen molar-refractivity contribution < 1.29 is 14.3 Å². The Bertz CT molecular complexity index is 617. The van der Waals surface area contributed by atoms with Gasteiger partial charge in [-0.25, -0.2) is 4.79 Å². The van der Waals surface area contributed by atoms with E-state index < -0.39 is 5.60 Å². The fraction of sp³-hybridized carbons (Fsp3) is 0.556. The van der Waals surface area contributed by atoms with E-state index in [1.54, 1.807) is 4.90 Å². The number of rotatable bonds is 2. The Balaban J connectivity index is 1.86. The van der Waals surface area contributed by atoms with Gasteiger partial charge in [0.05, 0.1) is 0 Å². The van der Waals surface area contributed by atoms with Crippen LogP contribution in [0.5, 0.6) is 0 Å². The van der Waals surface area contributed by atoms with E-state index in [1.807, 2.05) is 45.9 Å². The molecule has 0 aromatic heterocycles. The van der Waals surface area contributed by atoms with E-state index in [2.05, 4.69) is 21.2 Å². The molecule has 1 N–H and O–H groups in total. The van der Waals surface area contributed by atoms with Crippen LogP contribution in [0.2, 0.25) is 0 Å². The number of piperidine rings is 1. The molecule has 1 aromatic carbocycles. The summed E-state index contributed by atoms with van der Waals surface area (Å²) in [5, 5.41) is 2.96. The van der Waals surface area contributed by atoms with Gasteiger partial charge in [0.25, 0.3) is 0 Å². The zero-order chi connectivity index (χ0) is 17.9. The lowest BCUT2D eigenvalue weighted by molar-refractivity contribution is -0.121. The van der Waals surface area contributed by atoms with Gasteiger partial charge in [-0.15, -0.1) is 0 Å². The highest BCUT2D eigenvalue weighted by Crippen LogP contribution is 2.24. The summed E-state index contributed by atoms with van der Waals surface area (Å²) >= 11 is 3.47. The van der Waals surface area contributed by atoms with Crippen molar-refractivity contribution in [3.05, 3.63) is 28.2 Å². The molecule has 0 spiro atoms. The predicted molar refractivity (Wildman–Crippen MR) is 98.0 cm³/mol. The van der Waals surface area contributed by atoms with Gasteiger partial charge >= 0.3 is 6.09 Å². The standard InChI is InChI=1S/C18H25BrN2O3/c1-12-5-6-14(11-15(12)19)20-16(22)13-7-9-21(10-8-13)17(23)24-18(2,3)4/h5-6,11,13H,7-10H2,1-4H3,(H,20,22). The third kappa shape index (κ3) is 5.23. The van der Waals surface area contributed by atoms with Crippen molar-refractivity contribution in [3.8, 4) is 0 Å². The number of carbonyl (C=O) groups is 2. The molecule has 0 bridgehead atoms. The first-order valence-electron chi connectivity index (χ1n) is 8.20. The molecule has 2 rings (SSSR count). The summed E-state index contributed by atoms with van der Waals surface area (Å²) in [5.74, 6) is -0.0710. The largest absolute Gasteiger partial charge is 0.444 e. The summed E-state index contributed by atoms with van der Waals surface area (Å²) in [5.41, 5.74) is 1.41. The van der Waals surface area contributed by atoms with Crippen LogP contribution < -0.4 is 5.32 Å². The maximum atomic E-state index is 12.4. The zero-order valence-corrected chi connectivity index (χ0v) is 16.3. The third-order valence-electron chi connectivity index (χ3n) is 3.96. The molecule has 1 heterocycles. The molecule has 24 heavy (non-hydrogen) atoms. The highest BCUT2D eigenvalue weighted by molar-refractivity contribution is 9.10. The summed E-state index contributed by atoms with van der Waals surface area (Å²) in [4.78, 5) is 26.1. The molecule has 1 fully saturated rings. The van der Waals surface area contributed by atoms with Crippen LogP contribution in [0.15, 0.2) is 22.7 Å². The molecule has 1 aromatic rings. The second-order valence-electron chi connectivity index (χ2n) is 7.19. The molecule has 1 saturated heterocycles. The summed E-state index contributed by atoms with van der Waals surface area (Å²) in [6, 6.07) is 5.77. The van der Waals surface area contributed by atoms with E-state index >= 15 is 0 Å². The number of carbonyl (C=O) groups excluding carboxylic acids is 2. The Hall–Kier alpha value is -1.56. The molecule has 2 amide bonds. The molecule has 0 saturated carbocycles. The molecule has 6 heteroatoms.